The Labute approximate surface area is 121 Å². The number of rotatable bonds is 3. The SMILES string of the molecule is CCC1(C(=O)O)CCCN(C(=O)c2ccc(F)cc2F)C1. The minimum atomic E-state index is -0.982. The van der Waals surface area contributed by atoms with Crippen molar-refractivity contribution in [1.82, 2.24) is 4.90 Å². The van der Waals surface area contributed by atoms with Gasteiger partial charge in [0.05, 0.1) is 11.0 Å². The fourth-order valence-electron chi connectivity index (χ4n) is 2.75. The molecule has 0 aromatic heterocycles. The van der Waals surface area contributed by atoms with E-state index in [2.05, 4.69) is 0 Å². The van der Waals surface area contributed by atoms with Gasteiger partial charge in [0.25, 0.3) is 5.91 Å². The molecule has 21 heavy (non-hydrogen) atoms. The lowest BCUT2D eigenvalue weighted by molar-refractivity contribution is -0.152. The molecule has 0 bridgehead atoms. The number of piperidine rings is 1. The number of hydrogen-bond acceptors (Lipinski definition) is 2. The van der Waals surface area contributed by atoms with Crippen LogP contribution in [0.4, 0.5) is 8.78 Å². The molecule has 1 fully saturated rings. The lowest BCUT2D eigenvalue weighted by Gasteiger charge is -2.39. The van der Waals surface area contributed by atoms with Crippen LogP contribution < -0.4 is 0 Å². The number of hydrogen-bond donors (Lipinski definition) is 1. The Kier molecular flexibility index (Phi) is 4.25. The van der Waals surface area contributed by atoms with Crippen LogP contribution in [0.15, 0.2) is 18.2 Å². The third-order valence-electron chi connectivity index (χ3n) is 4.16. The Bertz CT molecular complexity index is 576. The second-order valence-corrected chi connectivity index (χ2v) is 5.39. The number of carboxylic acids is 1. The van der Waals surface area contributed by atoms with Crippen LogP contribution in [-0.4, -0.2) is 35.0 Å². The monoisotopic (exact) mass is 297 g/mol. The van der Waals surface area contributed by atoms with Gasteiger partial charge in [-0.25, -0.2) is 8.78 Å². The van der Waals surface area contributed by atoms with Crippen LogP contribution in [0.5, 0.6) is 0 Å². The van der Waals surface area contributed by atoms with Gasteiger partial charge in [-0.2, -0.15) is 0 Å². The summed E-state index contributed by atoms with van der Waals surface area (Å²) in [5.74, 6) is -3.22. The first-order chi connectivity index (χ1) is 9.89. The number of carbonyl (C=O) groups excluding carboxylic acids is 1. The normalized spacial score (nSPS) is 22.1. The first-order valence-electron chi connectivity index (χ1n) is 6.87. The van der Waals surface area contributed by atoms with Crippen LogP contribution in [0.1, 0.15) is 36.5 Å². The summed E-state index contributed by atoms with van der Waals surface area (Å²) >= 11 is 0. The smallest absolute Gasteiger partial charge is 0.311 e. The van der Waals surface area contributed by atoms with Crippen molar-refractivity contribution in [2.45, 2.75) is 26.2 Å². The van der Waals surface area contributed by atoms with Crippen LogP contribution in [0, 0.1) is 17.0 Å². The van der Waals surface area contributed by atoms with Gasteiger partial charge in [-0.15, -0.1) is 0 Å². The Morgan fingerprint density at radius 2 is 2.10 bits per heavy atom. The molecule has 1 unspecified atom stereocenters. The fraction of sp³-hybridized carbons (Fsp3) is 0.467. The van der Waals surface area contributed by atoms with E-state index in [0.29, 0.717) is 31.9 Å². The predicted molar refractivity (Wildman–Crippen MR) is 71.9 cm³/mol. The van der Waals surface area contributed by atoms with E-state index in [-0.39, 0.29) is 12.1 Å². The van der Waals surface area contributed by atoms with Crippen molar-refractivity contribution in [3.05, 3.63) is 35.4 Å². The van der Waals surface area contributed by atoms with Gasteiger partial charge in [0.2, 0.25) is 0 Å². The zero-order valence-corrected chi connectivity index (χ0v) is 11.7. The number of likely N-dealkylation sites (tertiary alicyclic amines) is 1. The molecule has 0 spiro atoms. The summed E-state index contributed by atoms with van der Waals surface area (Å²) in [7, 11) is 0. The molecule has 1 amide bonds. The van der Waals surface area contributed by atoms with E-state index >= 15 is 0 Å². The summed E-state index contributed by atoms with van der Waals surface area (Å²) in [5, 5.41) is 9.39. The summed E-state index contributed by atoms with van der Waals surface area (Å²) in [6.07, 6.45) is 1.45. The largest absolute Gasteiger partial charge is 0.481 e. The topological polar surface area (TPSA) is 57.6 Å². The lowest BCUT2D eigenvalue weighted by atomic mass is 9.77. The standard InChI is InChI=1S/C15H17F2NO3/c1-2-15(14(20)21)6-3-7-18(9-15)13(19)11-5-4-10(16)8-12(11)17/h4-5,8H,2-3,6-7,9H2,1H3,(H,20,21). The van der Waals surface area contributed by atoms with E-state index in [1.54, 1.807) is 6.92 Å². The van der Waals surface area contributed by atoms with Gasteiger partial charge in [-0.1, -0.05) is 6.92 Å². The molecule has 1 aromatic carbocycles. The highest BCUT2D eigenvalue weighted by Gasteiger charge is 2.42. The van der Waals surface area contributed by atoms with Crippen LogP contribution in [-0.2, 0) is 4.79 Å². The van der Waals surface area contributed by atoms with Gasteiger partial charge in [-0.3, -0.25) is 9.59 Å². The van der Waals surface area contributed by atoms with Gasteiger partial charge < -0.3 is 10.0 Å². The van der Waals surface area contributed by atoms with E-state index in [4.69, 9.17) is 0 Å². The van der Waals surface area contributed by atoms with Gasteiger partial charge in [0.15, 0.2) is 0 Å². The van der Waals surface area contributed by atoms with E-state index in [1.807, 2.05) is 0 Å². The highest BCUT2D eigenvalue weighted by molar-refractivity contribution is 5.95. The number of halogens is 2. The molecule has 1 N–H and O–H groups in total. The molecule has 6 heteroatoms. The number of amides is 1. The second-order valence-electron chi connectivity index (χ2n) is 5.39. The van der Waals surface area contributed by atoms with Gasteiger partial charge in [-0.05, 0) is 31.4 Å². The Morgan fingerprint density at radius 3 is 2.67 bits per heavy atom. The van der Waals surface area contributed by atoms with Crippen molar-refractivity contribution in [3.8, 4) is 0 Å². The number of aliphatic carboxylic acids is 1. The number of benzene rings is 1. The van der Waals surface area contributed by atoms with Gasteiger partial charge >= 0.3 is 5.97 Å². The first kappa shape index (κ1) is 15.4. The molecule has 0 aliphatic carbocycles. The predicted octanol–water partition coefficient (Wildman–Crippen LogP) is 2.68. The summed E-state index contributed by atoms with van der Waals surface area (Å²) in [6.45, 7) is 2.19. The van der Waals surface area contributed by atoms with Crippen LogP contribution in [0.3, 0.4) is 0 Å². The van der Waals surface area contributed by atoms with E-state index < -0.39 is 28.9 Å². The average molecular weight is 297 g/mol. The molecule has 2 rings (SSSR count). The quantitative estimate of drug-likeness (QED) is 0.933. The third-order valence-corrected chi connectivity index (χ3v) is 4.16. The zero-order valence-electron chi connectivity index (χ0n) is 11.7. The Morgan fingerprint density at radius 1 is 1.38 bits per heavy atom. The number of carbonyl (C=O) groups is 2. The molecule has 1 aliphatic rings. The Hall–Kier alpha value is -1.98. The fourth-order valence-corrected chi connectivity index (χ4v) is 2.75. The van der Waals surface area contributed by atoms with Crippen molar-refractivity contribution in [2.24, 2.45) is 5.41 Å². The summed E-state index contributed by atoms with van der Waals surface area (Å²) in [6, 6.07) is 2.77. The second kappa shape index (κ2) is 5.79. The van der Waals surface area contributed by atoms with Crippen molar-refractivity contribution in [2.75, 3.05) is 13.1 Å². The molecular weight excluding hydrogens is 280 g/mol. The molecule has 1 aliphatic heterocycles. The number of carboxylic acid groups (broad SMARTS) is 1. The van der Waals surface area contributed by atoms with Crippen LogP contribution in [0.2, 0.25) is 0 Å². The lowest BCUT2D eigenvalue weighted by Crippen LogP contribution is -2.49. The molecular formula is C15H17F2NO3. The molecule has 1 heterocycles. The summed E-state index contributed by atoms with van der Waals surface area (Å²) in [4.78, 5) is 25.1. The molecule has 114 valence electrons. The Balaban J connectivity index is 2.25. The highest BCUT2D eigenvalue weighted by atomic mass is 19.1. The summed E-state index contributed by atoms with van der Waals surface area (Å²) < 4.78 is 26.6. The summed E-state index contributed by atoms with van der Waals surface area (Å²) in [5.41, 5.74) is -1.21. The van der Waals surface area contributed by atoms with Crippen molar-refractivity contribution in [1.29, 1.82) is 0 Å². The molecule has 1 aromatic rings. The van der Waals surface area contributed by atoms with Gasteiger partial charge in [0.1, 0.15) is 11.6 Å². The molecule has 1 atom stereocenters. The molecule has 0 saturated carbocycles. The molecule has 4 nitrogen and oxygen atoms in total. The van der Waals surface area contributed by atoms with Crippen molar-refractivity contribution < 1.29 is 23.5 Å². The first-order valence-corrected chi connectivity index (χ1v) is 6.87. The third kappa shape index (κ3) is 2.89. The maximum absolute atomic E-state index is 13.7. The minimum absolute atomic E-state index is 0.0501. The molecule has 0 radical (unpaired) electrons. The van der Waals surface area contributed by atoms with Gasteiger partial charge in [0, 0.05) is 19.2 Å². The van der Waals surface area contributed by atoms with Crippen molar-refractivity contribution >= 4 is 11.9 Å². The highest BCUT2D eigenvalue weighted by Crippen LogP contribution is 2.34. The maximum Gasteiger partial charge on any atom is 0.311 e. The van der Waals surface area contributed by atoms with Crippen LogP contribution >= 0.6 is 0 Å². The number of nitrogens with zero attached hydrogens (tertiary/aromatic N) is 1. The maximum atomic E-state index is 13.7. The van der Waals surface area contributed by atoms with Crippen LogP contribution in [0.25, 0.3) is 0 Å². The van der Waals surface area contributed by atoms with Crippen molar-refractivity contribution in [3.63, 3.8) is 0 Å². The van der Waals surface area contributed by atoms with E-state index in [1.165, 1.54) is 4.90 Å². The average Bonchev–Trinajstić information content (AvgIpc) is 2.46. The zero-order chi connectivity index (χ0) is 15.6. The van der Waals surface area contributed by atoms with E-state index in [0.717, 1.165) is 12.1 Å². The van der Waals surface area contributed by atoms with E-state index in [9.17, 15) is 23.5 Å². The molecule has 1 saturated heterocycles. The minimum Gasteiger partial charge on any atom is -0.481 e.